The first kappa shape index (κ1) is 23.1. The molecule has 2 bridgehead atoms. The van der Waals surface area contributed by atoms with Crippen LogP contribution in [-0.2, 0) is 9.59 Å². The molecule has 1 aliphatic heterocycles. The van der Waals surface area contributed by atoms with Crippen LogP contribution in [0.2, 0.25) is 0 Å². The van der Waals surface area contributed by atoms with Gasteiger partial charge < -0.3 is 14.2 Å². The molecule has 0 N–H and O–H groups in total. The van der Waals surface area contributed by atoms with Crippen molar-refractivity contribution in [3.63, 3.8) is 0 Å². The first-order valence-corrected chi connectivity index (χ1v) is 12.3. The van der Waals surface area contributed by atoms with Crippen LogP contribution in [0, 0.1) is 23.7 Å². The van der Waals surface area contributed by atoms with Crippen LogP contribution in [0.1, 0.15) is 11.1 Å². The number of carbonyl (C=O) groups is 2. The first-order valence-electron chi connectivity index (χ1n) is 12.3. The zero-order valence-electron chi connectivity index (χ0n) is 20.9. The van der Waals surface area contributed by atoms with E-state index in [9.17, 15) is 9.59 Å². The summed E-state index contributed by atoms with van der Waals surface area (Å²) in [6.45, 7) is 0. The summed E-state index contributed by atoms with van der Waals surface area (Å²) in [6, 6.07) is 23.0. The minimum atomic E-state index is -0.411. The second-order valence-corrected chi connectivity index (χ2v) is 9.49. The lowest BCUT2D eigenvalue weighted by Crippen LogP contribution is -2.33. The van der Waals surface area contributed by atoms with Crippen molar-refractivity contribution in [1.82, 2.24) is 0 Å². The SMILES string of the molecule is COc1ccc(C(=C2[C@H]3C=C[C@@H]2[C@@H]2C(=O)N(c4ccc(OC)cc4)C(=O)[C@H]23)c2ccc(OC)cc2)cc1. The molecule has 1 saturated carbocycles. The van der Waals surface area contributed by atoms with Gasteiger partial charge in [0, 0.05) is 11.8 Å². The molecule has 2 aliphatic carbocycles. The fourth-order valence-electron chi connectivity index (χ4n) is 6.10. The Morgan fingerprint density at radius 3 is 1.35 bits per heavy atom. The quantitative estimate of drug-likeness (QED) is 0.352. The lowest BCUT2D eigenvalue weighted by Gasteiger charge is -2.22. The molecule has 0 spiro atoms. The molecule has 3 aromatic carbocycles. The van der Waals surface area contributed by atoms with Gasteiger partial charge in [0.2, 0.25) is 11.8 Å². The summed E-state index contributed by atoms with van der Waals surface area (Å²) in [5.74, 6) is 0.829. The van der Waals surface area contributed by atoms with Crippen molar-refractivity contribution in [3.8, 4) is 17.2 Å². The molecule has 37 heavy (non-hydrogen) atoms. The van der Waals surface area contributed by atoms with Gasteiger partial charge in [0.1, 0.15) is 17.2 Å². The van der Waals surface area contributed by atoms with E-state index in [0.29, 0.717) is 11.4 Å². The van der Waals surface area contributed by atoms with Crippen molar-refractivity contribution in [2.75, 3.05) is 26.2 Å². The van der Waals surface area contributed by atoms with Crippen LogP contribution in [0.15, 0.2) is 90.5 Å². The fourth-order valence-corrected chi connectivity index (χ4v) is 6.10. The number of methoxy groups -OCH3 is 3. The maximum Gasteiger partial charge on any atom is 0.238 e. The summed E-state index contributed by atoms with van der Waals surface area (Å²) in [5.41, 5.74) is 4.80. The Hall–Kier alpha value is -4.32. The Kier molecular flexibility index (Phi) is 5.60. The number of carbonyl (C=O) groups excluding carboxylic acids is 2. The molecule has 6 rings (SSSR count). The van der Waals surface area contributed by atoms with Gasteiger partial charge in [0.25, 0.3) is 0 Å². The van der Waals surface area contributed by atoms with E-state index in [2.05, 4.69) is 12.2 Å². The van der Waals surface area contributed by atoms with Gasteiger partial charge in [-0.25, -0.2) is 4.90 Å². The van der Waals surface area contributed by atoms with Crippen LogP contribution in [0.3, 0.4) is 0 Å². The number of hydrogen-bond acceptors (Lipinski definition) is 5. The van der Waals surface area contributed by atoms with Crippen molar-refractivity contribution >= 4 is 23.1 Å². The van der Waals surface area contributed by atoms with Crippen molar-refractivity contribution < 1.29 is 23.8 Å². The van der Waals surface area contributed by atoms with Gasteiger partial charge in [0.05, 0.1) is 38.9 Å². The summed E-state index contributed by atoms with van der Waals surface area (Å²) in [7, 11) is 4.88. The van der Waals surface area contributed by atoms with Crippen LogP contribution >= 0.6 is 0 Å². The molecule has 0 unspecified atom stereocenters. The van der Waals surface area contributed by atoms with Gasteiger partial charge >= 0.3 is 0 Å². The maximum absolute atomic E-state index is 13.7. The standard InChI is InChI=1S/C31H27NO5/c1-35-21-10-4-18(5-11-21)26(19-6-12-22(36-2)13-7-19)27-24-16-17-25(27)29-28(24)30(33)32(31(29)34)20-8-14-23(37-3)15-9-20/h4-17,24-25,28-29H,1-3H3/t24-,25+,28-,29-/m0/s1. The van der Waals surface area contributed by atoms with E-state index in [4.69, 9.17) is 14.2 Å². The van der Waals surface area contributed by atoms with Crippen molar-refractivity contribution in [3.05, 3.63) is 102 Å². The third kappa shape index (κ3) is 3.55. The van der Waals surface area contributed by atoms with Crippen LogP contribution in [0.4, 0.5) is 5.69 Å². The Balaban J connectivity index is 1.45. The number of anilines is 1. The average Bonchev–Trinajstić information content (AvgIpc) is 3.58. The van der Waals surface area contributed by atoms with E-state index in [0.717, 1.165) is 33.8 Å². The molecule has 1 saturated heterocycles. The number of imide groups is 1. The van der Waals surface area contributed by atoms with E-state index in [1.807, 2.05) is 48.5 Å². The van der Waals surface area contributed by atoms with Crippen molar-refractivity contribution in [2.24, 2.45) is 23.7 Å². The third-order valence-corrected chi connectivity index (χ3v) is 7.79. The third-order valence-electron chi connectivity index (χ3n) is 7.79. The second kappa shape index (κ2) is 8.96. The Labute approximate surface area is 215 Å². The topological polar surface area (TPSA) is 65.1 Å². The van der Waals surface area contributed by atoms with E-state index in [1.54, 1.807) is 45.6 Å². The maximum atomic E-state index is 13.7. The van der Waals surface area contributed by atoms with Crippen LogP contribution in [-0.4, -0.2) is 33.1 Å². The minimum Gasteiger partial charge on any atom is -0.497 e. The van der Waals surface area contributed by atoms with Gasteiger partial charge in [0.15, 0.2) is 0 Å². The van der Waals surface area contributed by atoms with Crippen LogP contribution < -0.4 is 19.1 Å². The smallest absolute Gasteiger partial charge is 0.238 e. The lowest BCUT2D eigenvalue weighted by atomic mass is 9.85. The Bertz CT molecular complexity index is 1340. The monoisotopic (exact) mass is 493 g/mol. The molecule has 3 aromatic rings. The largest absolute Gasteiger partial charge is 0.497 e. The van der Waals surface area contributed by atoms with Gasteiger partial charge in [-0.05, 0) is 70.8 Å². The van der Waals surface area contributed by atoms with E-state index >= 15 is 0 Å². The molecule has 186 valence electrons. The summed E-state index contributed by atoms with van der Waals surface area (Å²) < 4.78 is 16.0. The molecule has 4 atom stereocenters. The highest BCUT2D eigenvalue weighted by Gasteiger charge is 2.62. The van der Waals surface area contributed by atoms with E-state index in [1.165, 1.54) is 4.90 Å². The average molecular weight is 494 g/mol. The van der Waals surface area contributed by atoms with E-state index in [-0.39, 0.29) is 23.7 Å². The first-order chi connectivity index (χ1) is 18.0. The minimum absolute atomic E-state index is 0.140. The molecule has 3 aliphatic rings. The summed E-state index contributed by atoms with van der Waals surface area (Å²) >= 11 is 0. The number of rotatable bonds is 6. The molecule has 1 heterocycles. The second-order valence-electron chi connectivity index (χ2n) is 9.49. The predicted octanol–water partition coefficient (Wildman–Crippen LogP) is 5.14. The van der Waals surface area contributed by atoms with Crippen LogP contribution in [0.5, 0.6) is 17.2 Å². The highest BCUT2D eigenvalue weighted by atomic mass is 16.5. The van der Waals surface area contributed by atoms with Gasteiger partial charge in [-0.1, -0.05) is 36.4 Å². The number of amides is 2. The molecule has 0 aromatic heterocycles. The fraction of sp³-hybridized carbons (Fsp3) is 0.226. The summed E-state index contributed by atoms with van der Waals surface area (Å²) in [5, 5.41) is 0. The molecule has 6 heteroatoms. The number of nitrogens with zero attached hydrogens (tertiary/aromatic N) is 1. The number of ether oxygens (including phenoxy) is 3. The molecular weight excluding hydrogens is 466 g/mol. The molecule has 6 nitrogen and oxygen atoms in total. The number of allylic oxidation sites excluding steroid dienone is 3. The summed E-state index contributed by atoms with van der Waals surface area (Å²) in [6.07, 6.45) is 4.22. The molecule has 2 amide bonds. The Morgan fingerprint density at radius 2 is 0.973 bits per heavy atom. The number of hydrogen-bond donors (Lipinski definition) is 0. The highest BCUT2D eigenvalue weighted by Crippen LogP contribution is 2.59. The number of benzene rings is 3. The zero-order valence-corrected chi connectivity index (χ0v) is 20.9. The van der Waals surface area contributed by atoms with Crippen molar-refractivity contribution in [1.29, 1.82) is 0 Å². The van der Waals surface area contributed by atoms with Gasteiger partial charge in [-0.15, -0.1) is 0 Å². The molecular formula is C31H27NO5. The lowest BCUT2D eigenvalue weighted by molar-refractivity contribution is -0.122. The normalized spacial score (nSPS) is 23.4. The molecule has 2 fully saturated rings. The van der Waals surface area contributed by atoms with Gasteiger partial charge in [-0.3, -0.25) is 9.59 Å². The highest BCUT2D eigenvalue weighted by molar-refractivity contribution is 6.23. The van der Waals surface area contributed by atoms with Crippen LogP contribution in [0.25, 0.3) is 5.57 Å². The van der Waals surface area contributed by atoms with Gasteiger partial charge in [-0.2, -0.15) is 0 Å². The number of fused-ring (bicyclic) bond motifs is 5. The van der Waals surface area contributed by atoms with Crippen molar-refractivity contribution in [2.45, 2.75) is 0 Å². The molecule has 0 radical (unpaired) electrons. The Morgan fingerprint density at radius 1 is 0.595 bits per heavy atom. The zero-order chi connectivity index (χ0) is 25.7. The van der Waals surface area contributed by atoms with E-state index < -0.39 is 11.8 Å². The predicted molar refractivity (Wildman–Crippen MR) is 141 cm³/mol. The summed E-state index contributed by atoms with van der Waals surface area (Å²) in [4.78, 5) is 28.8.